The number of rotatable bonds is 1. The summed E-state index contributed by atoms with van der Waals surface area (Å²) in [6.07, 6.45) is 0. The summed E-state index contributed by atoms with van der Waals surface area (Å²) in [7, 11) is 0. The number of benzene rings is 1. The van der Waals surface area contributed by atoms with E-state index in [1.807, 2.05) is 6.92 Å². The van der Waals surface area contributed by atoms with Crippen LogP contribution in [-0.4, -0.2) is 22.3 Å². The highest BCUT2D eigenvalue weighted by Gasteiger charge is 2.31. The number of nitrogen functional groups attached to an aromatic ring is 1. The van der Waals surface area contributed by atoms with E-state index >= 15 is 0 Å². The van der Waals surface area contributed by atoms with Gasteiger partial charge in [0.1, 0.15) is 5.82 Å². The van der Waals surface area contributed by atoms with Crippen LogP contribution in [0.15, 0.2) is 16.6 Å². The molecule has 0 fully saturated rings. The fraction of sp³-hybridized carbons (Fsp3) is 0.231. The van der Waals surface area contributed by atoms with Gasteiger partial charge in [-0.3, -0.25) is 4.79 Å². The first-order chi connectivity index (χ1) is 9.04. The molecule has 19 heavy (non-hydrogen) atoms. The Kier molecular flexibility index (Phi) is 2.70. The number of hydrogen-bond acceptors (Lipinski definition) is 3. The van der Waals surface area contributed by atoms with Crippen molar-refractivity contribution in [2.45, 2.75) is 13.5 Å². The summed E-state index contributed by atoms with van der Waals surface area (Å²) in [5, 5.41) is 0.596. The minimum atomic E-state index is -0.393. The van der Waals surface area contributed by atoms with Crippen LogP contribution in [0.3, 0.4) is 0 Å². The van der Waals surface area contributed by atoms with Crippen molar-refractivity contribution >= 4 is 38.4 Å². The van der Waals surface area contributed by atoms with Gasteiger partial charge in [0.05, 0.1) is 33.5 Å². The highest BCUT2D eigenvalue weighted by Crippen LogP contribution is 2.35. The van der Waals surface area contributed by atoms with Crippen LogP contribution in [0.25, 0.3) is 10.9 Å². The summed E-state index contributed by atoms with van der Waals surface area (Å²) >= 11 is 3.18. The number of carbonyl (C=O) groups excluding carboxylic acids is 1. The minimum Gasteiger partial charge on any atom is -0.397 e. The number of aromatic nitrogens is 1. The predicted octanol–water partition coefficient (Wildman–Crippen LogP) is 2.69. The lowest BCUT2D eigenvalue weighted by atomic mass is 10.1. The third-order valence-corrected chi connectivity index (χ3v) is 4.14. The zero-order valence-electron chi connectivity index (χ0n) is 10.2. The van der Waals surface area contributed by atoms with Gasteiger partial charge in [-0.25, -0.2) is 9.37 Å². The second kappa shape index (κ2) is 4.16. The van der Waals surface area contributed by atoms with E-state index in [2.05, 4.69) is 20.9 Å². The van der Waals surface area contributed by atoms with Gasteiger partial charge in [0, 0.05) is 11.9 Å². The van der Waals surface area contributed by atoms with Crippen LogP contribution in [0.1, 0.15) is 23.0 Å². The number of nitrogens with two attached hydrogens (primary N) is 1. The number of pyridine rings is 1. The fourth-order valence-corrected chi connectivity index (χ4v) is 2.80. The summed E-state index contributed by atoms with van der Waals surface area (Å²) in [5.41, 5.74) is 7.97. The summed E-state index contributed by atoms with van der Waals surface area (Å²) in [6.45, 7) is 2.92. The minimum absolute atomic E-state index is 0.107. The molecule has 1 aromatic heterocycles. The Labute approximate surface area is 117 Å². The lowest BCUT2D eigenvalue weighted by Crippen LogP contribution is -2.23. The number of halogens is 2. The molecule has 0 atom stereocenters. The smallest absolute Gasteiger partial charge is 0.258 e. The standard InChI is InChI=1S/C13H11BrFN3O/c1-2-18-5-8-9(13(18)19)11(16)6-3-4-7(15)10(14)12(6)17-8/h3-4H,2,5H2,1H3,(H2,16,17). The van der Waals surface area contributed by atoms with Gasteiger partial charge in [-0.1, -0.05) is 0 Å². The molecule has 0 radical (unpaired) electrons. The molecule has 4 nitrogen and oxygen atoms in total. The number of anilines is 1. The predicted molar refractivity (Wildman–Crippen MR) is 74.2 cm³/mol. The number of carbonyl (C=O) groups is 1. The highest BCUT2D eigenvalue weighted by atomic mass is 79.9. The zero-order valence-corrected chi connectivity index (χ0v) is 11.8. The molecule has 1 aliphatic heterocycles. The fourth-order valence-electron chi connectivity index (χ4n) is 2.37. The van der Waals surface area contributed by atoms with Gasteiger partial charge in [-0.15, -0.1) is 0 Å². The number of hydrogen-bond donors (Lipinski definition) is 1. The molecular weight excluding hydrogens is 313 g/mol. The van der Waals surface area contributed by atoms with E-state index in [4.69, 9.17) is 5.73 Å². The number of fused-ring (bicyclic) bond motifs is 2. The molecule has 1 aromatic carbocycles. The monoisotopic (exact) mass is 323 g/mol. The zero-order chi connectivity index (χ0) is 13.7. The van der Waals surface area contributed by atoms with Gasteiger partial charge in [-0.05, 0) is 35.0 Å². The van der Waals surface area contributed by atoms with Crippen LogP contribution < -0.4 is 5.73 Å². The third kappa shape index (κ3) is 1.63. The van der Waals surface area contributed by atoms with Crippen molar-refractivity contribution < 1.29 is 9.18 Å². The van der Waals surface area contributed by atoms with Gasteiger partial charge in [0.2, 0.25) is 0 Å². The molecule has 0 saturated heterocycles. The quantitative estimate of drug-likeness (QED) is 0.877. The van der Waals surface area contributed by atoms with Gasteiger partial charge in [-0.2, -0.15) is 0 Å². The molecule has 1 amide bonds. The number of amides is 1. The second-order valence-corrected chi connectivity index (χ2v) is 5.22. The van der Waals surface area contributed by atoms with Crippen LogP contribution in [0.4, 0.5) is 10.1 Å². The van der Waals surface area contributed by atoms with E-state index in [9.17, 15) is 9.18 Å². The number of nitrogens with zero attached hydrogens (tertiary/aromatic N) is 2. The van der Waals surface area contributed by atoms with Crippen molar-refractivity contribution in [3.05, 3.63) is 33.7 Å². The topological polar surface area (TPSA) is 59.2 Å². The molecule has 0 bridgehead atoms. The molecule has 0 aliphatic carbocycles. The Morgan fingerprint density at radius 3 is 2.95 bits per heavy atom. The maximum absolute atomic E-state index is 13.5. The molecule has 3 rings (SSSR count). The van der Waals surface area contributed by atoms with Gasteiger partial charge >= 0.3 is 0 Å². The van der Waals surface area contributed by atoms with E-state index in [0.29, 0.717) is 40.9 Å². The molecule has 2 aromatic rings. The lowest BCUT2D eigenvalue weighted by Gasteiger charge is -2.10. The highest BCUT2D eigenvalue weighted by molar-refractivity contribution is 9.10. The maximum atomic E-state index is 13.5. The molecular formula is C13H11BrFN3O. The molecule has 6 heteroatoms. The van der Waals surface area contributed by atoms with Crippen molar-refractivity contribution in [3.8, 4) is 0 Å². The summed E-state index contributed by atoms with van der Waals surface area (Å²) in [6, 6.07) is 2.87. The summed E-state index contributed by atoms with van der Waals surface area (Å²) in [5.74, 6) is -0.499. The summed E-state index contributed by atoms with van der Waals surface area (Å²) < 4.78 is 13.8. The van der Waals surface area contributed by atoms with Crippen LogP contribution in [0, 0.1) is 5.82 Å². The van der Waals surface area contributed by atoms with E-state index in [-0.39, 0.29) is 10.4 Å². The van der Waals surface area contributed by atoms with Crippen molar-refractivity contribution in [2.24, 2.45) is 0 Å². The average Bonchev–Trinajstić information content (AvgIpc) is 2.71. The molecule has 2 N–H and O–H groups in total. The van der Waals surface area contributed by atoms with Gasteiger partial charge < -0.3 is 10.6 Å². The van der Waals surface area contributed by atoms with Crippen molar-refractivity contribution in [3.63, 3.8) is 0 Å². The molecule has 2 heterocycles. The van der Waals surface area contributed by atoms with Gasteiger partial charge in [0.15, 0.2) is 0 Å². The Morgan fingerprint density at radius 2 is 2.26 bits per heavy atom. The van der Waals surface area contributed by atoms with Crippen LogP contribution in [-0.2, 0) is 6.54 Å². The van der Waals surface area contributed by atoms with Crippen molar-refractivity contribution in [1.29, 1.82) is 0 Å². The second-order valence-electron chi connectivity index (χ2n) is 4.42. The molecule has 1 aliphatic rings. The third-order valence-electron chi connectivity index (χ3n) is 3.39. The van der Waals surface area contributed by atoms with E-state index in [0.717, 1.165) is 0 Å². The molecule has 0 unspecified atom stereocenters. The largest absolute Gasteiger partial charge is 0.397 e. The maximum Gasteiger partial charge on any atom is 0.258 e. The summed E-state index contributed by atoms with van der Waals surface area (Å²) in [4.78, 5) is 18.2. The molecule has 98 valence electrons. The molecule has 0 spiro atoms. The normalized spacial score (nSPS) is 14.3. The lowest BCUT2D eigenvalue weighted by molar-refractivity contribution is 0.0787. The Morgan fingerprint density at radius 1 is 1.53 bits per heavy atom. The molecule has 0 saturated carbocycles. The van der Waals surface area contributed by atoms with Crippen molar-refractivity contribution in [1.82, 2.24) is 9.88 Å². The van der Waals surface area contributed by atoms with E-state index < -0.39 is 5.82 Å². The van der Waals surface area contributed by atoms with E-state index in [1.165, 1.54) is 6.07 Å². The first kappa shape index (κ1) is 12.3. The Hall–Kier alpha value is -1.69. The SMILES string of the molecule is CCN1Cc2nc3c(Br)c(F)ccc3c(N)c2C1=O. The van der Waals surface area contributed by atoms with Gasteiger partial charge in [0.25, 0.3) is 5.91 Å². The van der Waals surface area contributed by atoms with E-state index in [1.54, 1.807) is 11.0 Å². The van der Waals surface area contributed by atoms with Crippen LogP contribution >= 0.6 is 15.9 Å². The Balaban J connectivity index is 2.35. The first-order valence-corrected chi connectivity index (χ1v) is 6.69. The Bertz CT molecular complexity index is 717. The van der Waals surface area contributed by atoms with Crippen LogP contribution in [0.2, 0.25) is 0 Å². The van der Waals surface area contributed by atoms with Crippen LogP contribution in [0.5, 0.6) is 0 Å². The first-order valence-electron chi connectivity index (χ1n) is 5.90. The van der Waals surface area contributed by atoms with Crippen molar-refractivity contribution in [2.75, 3.05) is 12.3 Å². The average molecular weight is 324 g/mol.